The topological polar surface area (TPSA) is 95.2 Å². The van der Waals surface area contributed by atoms with Crippen LogP contribution in [0.1, 0.15) is 26.2 Å². The smallest absolute Gasteiger partial charge is 0.161 e. The van der Waals surface area contributed by atoms with Gasteiger partial charge in [0.15, 0.2) is 11.5 Å². The van der Waals surface area contributed by atoms with Crippen molar-refractivity contribution in [3.05, 3.63) is 77.5 Å². The summed E-state index contributed by atoms with van der Waals surface area (Å²) in [5.41, 5.74) is 8.65. The number of hydrogen-bond acceptors (Lipinski definition) is 6. The van der Waals surface area contributed by atoms with E-state index in [1.54, 1.807) is 6.20 Å². The number of aromatic amines is 2. The number of thiophene rings is 1. The van der Waals surface area contributed by atoms with E-state index in [2.05, 4.69) is 45.1 Å². The van der Waals surface area contributed by atoms with Crippen molar-refractivity contribution in [3.63, 3.8) is 0 Å². The lowest BCUT2D eigenvalue weighted by Crippen LogP contribution is -1.99. The van der Waals surface area contributed by atoms with E-state index < -0.39 is 0 Å². The lowest BCUT2D eigenvalue weighted by molar-refractivity contribution is 0.791. The average molecular weight is 526 g/mol. The van der Waals surface area contributed by atoms with Crippen LogP contribution in [-0.4, -0.2) is 30.1 Å². The maximum absolute atomic E-state index is 6.19. The second-order valence-corrected chi connectivity index (χ2v) is 10.6. The number of rotatable bonds is 8. The van der Waals surface area contributed by atoms with Crippen molar-refractivity contribution in [1.82, 2.24) is 30.1 Å². The lowest BCUT2D eigenvalue weighted by Gasteiger charge is -2.10. The molecule has 0 unspecified atom stereocenters. The number of allylic oxidation sites excluding steroid dienone is 1. The van der Waals surface area contributed by atoms with E-state index in [0.717, 1.165) is 78.7 Å². The monoisotopic (exact) mass is 525 g/mol. The highest BCUT2D eigenvalue weighted by atomic mass is 35.5. The molecule has 37 heavy (non-hydrogen) atoms. The zero-order valence-corrected chi connectivity index (χ0v) is 21.7. The van der Waals surface area contributed by atoms with E-state index in [4.69, 9.17) is 21.6 Å². The molecule has 6 rings (SSSR count). The molecule has 0 aliphatic rings. The number of anilines is 1. The standard InChI is InChI=1S/C28H24ClN7S/c1-3-4-6-16(2)31-18-13-17(14-30-15-18)20-9-10-22-26(32-20)27(36-35-22)28-33-21-8-5-7-19(25(21)34-28)23-11-12-24(29)37-23/h5,7-15,31H,2-4,6H2,1H3,(H,33,34)(H,35,36). The molecular formula is C28H24ClN7S. The number of aromatic nitrogens is 6. The summed E-state index contributed by atoms with van der Waals surface area (Å²) < 4.78 is 0.747. The summed E-state index contributed by atoms with van der Waals surface area (Å²) in [5, 5.41) is 11.0. The van der Waals surface area contributed by atoms with Gasteiger partial charge in [-0.15, -0.1) is 11.3 Å². The van der Waals surface area contributed by atoms with Gasteiger partial charge in [-0.05, 0) is 49.2 Å². The molecule has 0 amide bonds. The van der Waals surface area contributed by atoms with Gasteiger partial charge in [-0.25, -0.2) is 9.97 Å². The summed E-state index contributed by atoms with van der Waals surface area (Å²) in [7, 11) is 0. The first-order valence-electron chi connectivity index (χ1n) is 12.1. The van der Waals surface area contributed by atoms with Crippen LogP contribution in [0.4, 0.5) is 5.69 Å². The minimum absolute atomic E-state index is 0.654. The van der Waals surface area contributed by atoms with Gasteiger partial charge in [0.2, 0.25) is 0 Å². The molecule has 0 radical (unpaired) electrons. The zero-order valence-electron chi connectivity index (χ0n) is 20.2. The zero-order chi connectivity index (χ0) is 25.4. The number of benzene rings is 1. The third-order valence-electron chi connectivity index (χ3n) is 6.17. The highest BCUT2D eigenvalue weighted by Gasteiger charge is 2.17. The van der Waals surface area contributed by atoms with Crippen LogP contribution in [-0.2, 0) is 0 Å². The van der Waals surface area contributed by atoms with Crippen LogP contribution in [0.5, 0.6) is 0 Å². The van der Waals surface area contributed by atoms with Crippen LogP contribution in [0.15, 0.2) is 73.2 Å². The molecule has 0 aliphatic heterocycles. The van der Waals surface area contributed by atoms with Gasteiger partial charge in [-0.1, -0.05) is 43.7 Å². The van der Waals surface area contributed by atoms with Crippen molar-refractivity contribution in [3.8, 4) is 33.2 Å². The van der Waals surface area contributed by atoms with Gasteiger partial charge in [0, 0.05) is 27.9 Å². The number of H-pyrrole nitrogens is 2. The molecule has 1 aromatic carbocycles. The van der Waals surface area contributed by atoms with Gasteiger partial charge in [-0.2, -0.15) is 5.10 Å². The van der Waals surface area contributed by atoms with Crippen LogP contribution in [0.2, 0.25) is 4.34 Å². The van der Waals surface area contributed by atoms with Crippen molar-refractivity contribution in [2.45, 2.75) is 26.2 Å². The van der Waals surface area contributed by atoms with Crippen molar-refractivity contribution in [2.75, 3.05) is 5.32 Å². The number of halogens is 1. The Hall–Kier alpha value is -4.01. The number of hydrogen-bond donors (Lipinski definition) is 3. The SMILES string of the molecule is C=C(CCCC)Nc1cncc(-c2ccc3[nH]nc(-c4nc5c(-c6ccc(Cl)s6)cccc5[nH]4)c3n2)c1. The van der Waals surface area contributed by atoms with Crippen molar-refractivity contribution in [1.29, 1.82) is 0 Å². The van der Waals surface area contributed by atoms with Crippen LogP contribution in [0.3, 0.4) is 0 Å². The third-order valence-corrected chi connectivity index (χ3v) is 7.44. The van der Waals surface area contributed by atoms with Gasteiger partial charge >= 0.3 is 0 Å². The molecule has 0 atom stereocenters. The average Bonchev–Trinajstić information content (AvgIpc) is 3.64. The lowest BCUT2D eigenvalue weighted by atomic mass is 10.1. The molecule has 0 bridgehead atoms. The molecule has 0 saturated carbocycles. The first-order valence-corrected chi connectivity index (χ1v) is 13.3. The Morgan fingerprint density at radius 2 is 1.97 bits per heavy atom. The highest BCUT2D eigenvalue weighted by Crippen LogP contribution is 2.36. The molecule has 7 nitrogen and oxygen atoms in total. The Morgan fingerprint density at radius 3 is 2.81 bits per heavy atom. The number of para-hydroxylation sites is 1. The number of pyridine rings is 2. The van der Waals surface area contributed by atoms with E-state index in [1.807, 2.05) is 48.7 Å². The Kier molecular flexibility index (Phi) is 6.20. The quantitative estimate of drug-likeness (QED) is 0.187. The first-order chi connectivity index (χ1) is 18.1. The summed E-state index contributed by atoms with van der Waals surface area (Å²) in [4.78, 5) is 18.8. The Bertz CT molecular complexity index is 1750. The maximum Gasteiger partial charge on any atom is 0.161 e. The summed E-state index contributed by atoms with van der Waals surface area (Å²) in [5.74, 6) is 0.654. The predicted molar refractivity (Wildman–Crippen MR) is 153 cm³/mol. The molecule has 0 saturated heterocycles. The van der Waals surface area contributed by atoms with Crippen molar-refractivity contribution >= 4 is 50.7 Å². The molecule has 9 heteroatoms. The fourth-order valence-electron chi connectivity index (χ4n) is 4.33. The summed E-state index contributed by atoms with van der Waals surface area (Å²) >= 11 is 7.72. The fourth-order valence-corrected chi connectivity index (χ4v) is 5.40. The van der Waals surface area contributed by atoms with E-state index in [0.29, 0.717) is 11.5 Å². The minimum atomic E-state index is 0.654. The second kappa shape index (κ2) is 9.80. The number of fused-ring (bicyclic) bond motifs is 2. The minimum Gasteiger partial charge on any atom is -0.358 e. The van der Waals surface area contributed by atoms with E-state index in [1.165, 1.54) is 11.3 Å². The predicted octanol–water partition coefficient (Wildman–Crippen LogP) is 8.06. The third kappa shape index (κ3) is 4.61. The Morgan fingerprint density at radius 1 is 1.05 bits per heavy atom. The van der Waals surface area contributed by atoms with Gasteiger partial charge in [0.1, 0.15) is 5.52 Å². The van der Waals surface area contributed by atoms with Crippen molar-refractivity contribution in [2.24, 2.45) is 0 Å². The molecule has 0 spiro atoms. The number of imidazole rings is 1. The summed E-state index contributed by atoms with van der Waals surface area (Å²) in [6.45, 7) is 6.30. The molecule has 3 N–H and O–H groups in total. The molecule has 184 valence electrons. The van der Waals surface area contributed by atoms with Gasteiger partial charge in [0.25, 0.3) is 0 Å². The maximum atomic E-state index is 6.19. The first kappa shape index (κ1) is 23.4. The molecule has 0 aliphatic carbocycles. The van der Waals surface area contributed by atoms with Gasteiger partial charge in [0.05, 0.1) is 38.5 Å². The van der Waals surface area contributed by atoms with Gasteiger partial charge < -0.3 is 10.3 Å². The molecule has 5 aromatic heterocycles. The fraction of sp³-hybridized carbons (Fsp3) is 0.143. The van der Waals surface area contributed by atoms with Gasteiger partial charge in [-0.3, -0.25) is 10.1 Å². The van der Waals surface area contributed by atoms with Crippen LogP contribution in [0.25, 0.3) is 55.3 Å². The van der Waals surface area contributed by atoms with Crippen LogP contribution < -0.4 is 5.32 Å². The number of nitrogens with zero attached hydrogens (tertiary/aromatic N) is 4. The molecule has 0 fully saturated rings. The summed E-state index contributed by atoms with van der Waals surface area (Å²) in [6.07, 6.45) is 6.78. The van der Waals surface area contributed by atoms with Crippen LogP contribution >= 0.6 is 22.9 Å². The molecule has 6 aromatic rings. The Balaban J connectivity index is 1.37. The summed E-state index contributed by atoms with van der Waals surface area (Å²) in [6, 6.07) is 16.0. The molecular weight excluding hydrogens is 502 g/mol. The Labute approximate surface area is 222 Å². The second-order valence-electron chi connectivity index (χ2n) is 8.85. The largest absolute Gasteiger partial charge is 0.358 e. The van der Waals surface area contributed by atoms with E-state index in [9.17, 15) is 0 Å². The van der Waals surface area contributed by atoms with E-state index >= 15 is 0 Å². The molecule has 5 heterocycles. The van der Waals surface area contributed by atoms with Crippen LogP contribution in [0, 0.1) is 0 Å². The number of unbranched alkanes of at least 4 members (excludes halogenated alkanes) is 1. The highest BCUT2D eigenvalue weighted by molar-refractivity contribution is 7.19. The van der Waals surface area contributed by atoms with E-state index in [-0.39, 0.29) is 0 Å². The normalized spacial score (nSPS) is 11.4. The van der Waals surface area contributed by atoms with Crippen molar-refractivity contribution < 1.29 is 0 Å². The number of nitrogens with one attached hydrogen (secondary N) is 3.